The van der Waals surface area contributed by atoms with E-state index in [1.54, 1.807) is 0 Å². The molecule has 0 bridgehead atoms. The zero-order valence-electron chi connectivity index (χ0n) is 20.8. The van der Waals surface area contributed by atoms with Crippen LogP contribution in [-0.2, 0) is 14.4 Å². The predicted molar refractivity (Wildman–Crippen MR) is 126 cm³/mol. The first-order valence-electron chi connectivity index (χ1n) is 13.6. The minimum Gasteiger partial charge on any atom is -0.356 e. The van der Waals surface area contributed by atoms with Crippen molar-refractivity contribution in [1.82, 2.24) is 32.3 Å². The Morgan fingerprint density at radius 3 is 2.72 bits per heavy atom. The molecular weight excluding hydrogens is 477 g/mol. The van der Waals surface area contributed by atoms with Gasteiger partial charge in [-0.1, -0.05) is 19.3 Å². The van der Waals surface area contributed by atoms with Crippen molar-refractivity contribution < 1.29 is 27.6 Å². The van der Waals surface area contributed by atoms with Crippen LogP contribution >= 0.6 is 0 Å². The summed E-state index contributed by atoms with van der Waals surface area (Å²) >= 11 is 0. The number of rotatable bonds is 10. The smallest absolute Gasteiger partial charge is 0.356 e. The van der Waals surface area contributed by atoms with Gasteiger partial charge in [-0.05, 0) is 63.8 Å². The topological polar surface area (TPSA) is 116 Å². The van der Waals surface area contributed by atoms with E-state index in [9.17, 15) is 22.8 Å². The lowest BCUT2D eigenvalue weighted by Crippen LogP contribution is -2.64. The molecule has 0 spiro atoms. The van der Waals surface area contributed by atoms with Crippen LogP contribution in [0.2, 0.25) is 0 Å². The Morgan fingerprint density at radius 2 is 1.89 bits per heavy atom. The Kier molecular flexibility index (Phi) is 9.84. The molecule has 2 heterocycles. The van der Waals surface area contributed by atoms with Gasteiger partial charge in [-0.3, -0.25) is 25.2 Å². The van der Waals surface area contributed by atoms with Gasteiger partial charge in [-0.15, -0.1) is 0 Å². The Labute approximate surface area is 210 Å². The van der Waals surface area contributed by atoms with E-state index in [2.05, 4.69) is 32.3 Å². The number of halogens is 3. The number of hydroxylamine groups is 1. The van der Waals surface area contributed by atoms with Crippen molar-refractivity contribution in [3.8, 4) is 0 Å². The van der Waals surface area contributed by atoms with Crippen LogP contribution in [-0.4, -0.2) is 49.6 Å². The molecule has 0 radical (unpaired) electrons. The third-order valence-electron chi connectivity index (χ3n) is 8.20. The van der Waals surface area contributed by atoms with E-state index >= 15 is 0 Å². The summed E-state index contributed by atoms with van der Waals surface area (Å²) in [5, 5.41) is 9.65. The van der Waals surface area contributed by atoms with Gasteiger partial charge in [0.25, 0.3) is 0 Å². The number of alkyl halides is 3. The van der Waals surface area contributed by atoms with E-state index < -0.39 is 12.1 Å². The Hall–Kier alpha value is -1.47. The van der Waals surface area contributed by atoms with Crippen LogP contribution in [0, 0.1) is 23.7 Å². The van der Waals surface area contributed by atoms with Crippen LogP contribution in [0.1, 0.15) is 77.0 Å². The summed E-state index contributed by atoms with van der Waals surface area (Å²) in [5.41, 5.74) is 8.73. The quantitative estimate of drug-likeness (QED) is 0.246. The highest BCUT2D eigenvalue weighted by molar-refractivity contribution is 5.79. The fourth-order valence-electron chi connectivity index (χ4n) is 6.17. The largest absolute Gasteiger partial charge is 0.391 e. The summed E-state index contributed by atoms with van der Waals surface area (Å²) in [6.45, 7) is 1.31. The zero-order chi connectivity index (χ0) is 25.5. The van der Waals surface area contributed by atoms with Crippen molar-refractivity contribution in [3.63, 3.8) is 0 Å². The lowest BCUT2D eigenvalue weighted by molar-refractivity contribution is -0.187. The molecule has 7 atom stereocenters. The normalized spacial score (nSPS) is 35.2. The Bertz CT molecular complexity index is 742. The molecule has 2 aliphatic heterocycles. The lowest BCUT2D eigenvalue weighted by atomic mass is 9.76. The molecular formula is C24H41F3N6O3. The fourth-order valence-corrected chi connectivity index (χ4v) is 6.17. The number of nitrogens with one attached hydrogen (secondary N) is 6. The van der Waals surface area contributed by atoms with Crippen LogP contribution in [0.3, 0.4) is 0 Å². The van der Waals surface area contributed by atoms with Crippen molar-refractivity contribution in [2.24, 2.45) is 23.7 Å². The highest BCUT2D eigenvalue weighted by Crippen LogP contribution is 2.41. The van der Waals surface area contributed by atoms with Crippen molar-refractivity contribution >= 4 is 11.8 Å². The zero-order valence-corrected chi connectivity index (χ0v) is 20.8. The minimum atomic E-state index is -4.14. The molecule has 6 N–H and O–H groups in total. The average Bonchev–Trinajstić information content (AvgIpc) is 3.34. The second-order valence-corrected chi connectivity index (χ2v) is 10.7. The molecule has 2 saturated carbocycles. The SMILES string of the molecule is O=C(CCCC1NC(C2CCCC(C(F)(F)F)C2)NO1)NCCCNC1NNC(=O)C2CCCCC12. The molecule has 0 aromatic carbocycles. The van der Waals surface area contributed by atoms with Gasteiger partial charge < -0.3 is 10.6 Å². The molecule has 4 aliphatic rings. The standard InChI is InChI=1S/C24H41F3N6O3/c25-24(26,27)16-7-3-6-15(14-16)21-30-20(36-33-21)11-4-10-19(34)28-12-5-13-29-22-17-8-1-2-9-18(17)23(35)32-31-22/h15-18,20-22,29-31,33H,1-14H2,(H,28,34)(H,32,35). The van der Waals surface area contributed by atoms with Crippen LogP contribution in [0.5, 0.6) is 0 Å². The lowest BCUT2D eigenvalue weighted by Gasteiger charge is -2.41. The molecule has 9 nitrogen and oxygen atoms in total. The minimum absolute atomic E-state index is 0.0202. The first kappa shape index (κ1) is 27.6. The van der Waals surface area contributed by atoms with Gasteiger partial charge in [0.05, 0.1) is 18.2 Å². The van der Waals surface area contributed by atoms with Crippen LogP contribution < -0.4 is 32.3 Å². The van der Waals surface area contributed by atoms with Gasteiger partial charge in [0, 0.05) is 24.8 Å². The highest BCUT2D eigenvalue weighted by atomic mass is 19.4. The summed E-state index contributed by atoms with van der Waals surface area (Å²) < 4.78 is 39.2. The first-order chi connectivity index (χ1) is 17.3. The molecule has 4 fully saturated rings. The molecule has 0 aromatic heterocycles. The Balaban J connectivity index is 1.04. The molecule has 12 heteroatoms. The first-order valence-corrected chi connectivity index (χ1v) is 13.6. The van der Waals surface area contributed by atoms with E-state index in [1.807, 2.05) is 0 Å². The van der Waals surface area contributed by atoms with Crippen molar-refractivity contribution in [2.75, 3.05) is 13.1 Å². The molecule has 7 unspecified atom stereocenters. The van der Waals surface area contributed by atoms with E-state index in [4.69, 9.17) is 4.84 Å². The Morgan fingerprint density at radius 1 is 1.06 bits per heavy atom. The molecule has 206 valence electrons. The third kappa shape index (κ3) is 7.53. The number of hydrazine groups is 1. The summed E-state index contributed by atoms with van der Waals surface area (Å²) in [7, 11) is 0. The molecule has 2 saturated heterocycles. The number of carbonyl (C=O) groups is 2. The summed E-state index contributed by atoms with van der Waals surface area (Å²) in [4.78, 5) is 29.7. The van der Waals surface area contributed by atoms with E-state index in [1.165, 1.54) is 0 Å². The number of hydrogen-bond donors (Lipinski definition) is 6. The van der Waals surface area contributed by atoms with Crippen molar-refractivity contribution in [1.29, 1.82) is 0 Å². The maximum atomic E-state index is 13.1. The van der Waals surface area contributed by atoms with Gasteiger partial charge in [-0.2, -0.15) is 18.7 Å². The maximum absolute atomic E-state index is 13.1. The molecule has 0 aromatic rings. The van der Waals surface area contributed by atoms with Crippen LogP contribution in [0.15, 0.2) is 0 Å². The van der Waals surface area contributed by atoms with Gasteiger partial charge in [0.1, 0.15) is 6.23 Å². The van der Waals surface area contributed by atoms with Crippen LogP contribution in [0.25, 0.3) is 0 Å². The van der Waals surface area contributed by atoms with E-state index in [0.717, 1.165) is 45.1 Å². The second-order valence-electron chi connectivity index (χ2n) is 10.7. The average molecular weight is 519 g/mol. The van der Waals surface area contributed by atoms with E-state index in [0.29, 0.717) is 38.1 Å². The molecule has 36 heavy (non-hydrogen) atoms. The summed E-state index contributed by atoms with van der Waals surface area (Å²) in [6.07, 6.45) is 3.64. The van der Waals surface area contributed by atoms with Gasteiger partial charge in [0.2, 0.25) is 11.8 Å². The monoisotopic (exact) mass is 518 g/mol. The van der Waals surface area contributed by atoms with Crippen molar-refractivity contribution in [3.05, 3.63) is 0 Å². The predicted octanol–water partition coefficient (Wildman–Crippen LogP) is 2.16. The molecule has 4 rings (SSSR count). The second kappa shape index (κ2) is 12.9. The number of fused-ring (bicyclic) bond motifs is 1. The summed E-state index contributed by atoms with van der Waals surface area (Å²) in [6, 6.07) is 0. The number of carbonyl (C=O) groups excluding carboxylic acids is 2. The highest BCUT2D eigenvalue weighted by Gasteiger charge is 2.45. The van der Waals surface area contributed by atoms with Crippen molar-refractivity contribution in [2.45, 2.75) is 102 Å². The van der Waals surface area contributed by atoms with Gasteiger partial charge in [-0.25, -0.2) is 5.43 Å². The van der Waals surface area contributed by atoms with Gasteiger partial charge >= 0.3 is 6.18 Å². The van der Waals surface area contributed by atoms with Crippen LogP contribution in [0.4, 0.5) is 13.2 Å². The third-order valence-corrected chi connectivity index (χ3v) is 8.20. The van der Waals surface area contributed by atoms with E-state index in [-0.39, 0.29) is 55.1 Å². The van der Waals surface area contributed by atoms with Gasteiger partial charge in [0.15, 0.2) is 0 Å². The molecule has 2 aliphatic carbocycles. The summed E-state index contributed by atoms with van der Waals surface area (Å²) in [5.74, 6) is -0.878. The fraction of sp³-hybridized carbons (Fsp3) is 0.917. The number of amides is 2. The molecule has 2 amide bonds. The number of hydrogen-bond acceptors (Lipinski definition) is 7. The maximum Gasteiger partial charge on any atom is 0.391 e.